The summed E-state index contributed by atoms with van der Waals surface area (Å²) in [5.41, 5.74) is 0.947. The minimum Gasteiger partial charge on any atom is -0.480 e. The molecule has 3 aromatic rings. The van der Waals surface area contributed by atoms with Gasteiger partial charge in [-0.1, -0.05) is 36.4 Å². The standard InChI is InChI=1S/C21H21N3O4S/c1-29-11-10-18(21(27)28)22-19(25)13-24-20(26)9-8-17(23-24)16-7-6-14-4-2-3-5-15(14)12-16/h2-9,12,18H,10-11,13H2,1H3,(H,22,25)(H,27,28)/t18-/m0/s1. The quantitative estimate of drug-likeness (QED) is 0.590. The third-order valence-corrected chi connectivity index (χ3v) is 5.09. The van der Waals surface area contributed by atoms with Gasteiger partial charge in [-0.05, 0) is 41.3 Å². The number of hydrogen-bond donors (Lipinski definition) is 2. The van der Waals surface area contributed by atoms with Gasteiger partial charge in [0.1, 0.15) is 12.6 Å². The molecule has 2 N–H and O–H groups in total. The van der Waals surface area contributed by atoms with E-state index < -0.39 is 23.5 Å². The van der Waals surface area contributed by atoms with Crippen LogP contribution in [0.3, 0.4) is 0 Å². The van der Waals surface area contributed by atoms with Crippen LogP contribution in [0, 0.1) is 0 Å². The number of carboxylic acid groups (broad SMARTS) is 1. The lowest BCUT2D eigenvalue weighted by Crippen LogP contribution is -2.44. The number of rotatable bonds is 8. The molecule has 0 bridgehead atoms. The summed E-state index contributed by atoms with van der Waals surface area (Å²) in [7, 11) is 0. The molecule has 2 aromatic carbocycles. The van der Waals surface area contributed by atoms with Gasteiger partial charge in [-0.2, -0.15) is 16.9 Å². The molecule has 0 saturated heterocycles. The molecule has 8 heteroatoms. The van der Waals surface area contributed by atoms with E-state index in [1.165, 1.54) is 17.8 Å². The molecule has 0 unspecified atom stereocenters. The lowest BCUT2D eigenvalue weighted by molar-refractivity contribution is -0.142. The largest absolute Gasteiger partial charge is 0.480 e. The van der Waals surface area contributed by atoms with Gasteiger partial charge in [0, 0.05) is 11.6 Å². The molecule has 0 spiro atoms. The lowest BCUT2D eigenvalue weighted by atomic mass is 10.1. The zero-order valence-electron chi connectivity index (χ0n) is 15.9. The van der Waals surface area contributed by atoms with Gasteiger partial charge in [-0.15, -0.1) is 0 Å². The number of thioether (sulfide) groups is 1. The van der Waals surface area contributed by atoms with Crippen LogP contribution in [-0.4, -0.2) is 44.8 Å². The third kappa shape index (κ3) is 5.23. The number of fused-ring (bicyclic) bond motifs is 1. The highest BCUT2D eigenvalue weighted by atomic mass is 32.2. The van der Waals surface area contributed by atoms with Crippen LogP contribution < -0.4 is 10.9 Å². The van der Waals surface area contributed by atoms with Crippen molar-refractivity contribution in [3.63, 3.8) is 0 Å². The van der Waals surface area contributed by atoms with Gasteiger partial charge in [0.2, 0.25) is 5.91 Å². The monoisotopic (exact) mass is 411 g/mol. The highest BCUT2D eigenvalue weighted by molar-refractivity contribution is 7.98. The Morgan fingerprint density at radius 3 is 2.62 bits per heavy atom. The predicted molar refractivity (Wildman–Crippen MR) is 114 cm³/mol. The summed E-state index contributed by atoms with van der Waals surface area (Å²) in [4.78, 5) is 35.7. The number of carbonyl (C=O) groups is 2. The second-order valence-corrected chi connectivity index (χ2v) is 7.50. The maximum Gasteiger partial charge on any atom is 0.326 e. The number of nitrogens with zero attached hydrogens (tertiary/aromatic N) is 2. The van der Waals surface area contributed by atoms with Crippen molar-refractivity contribution >= 4 is 34.4 Å². The molecular formula is C21H21N3O4S. The van der Waals surface area contributed by atoms with Gasteiger partial charge in [0.15, 0.2) is 0 Å². The van der Waals surface area contributed by atoms with Crippen LogP contribution in [-0.2, 0) is 16.1 Å². The summed E-state index contributed by atoms with van der Waals surface area (Å²) in [6.45, 7) is -0.344. The minimum atomic E-state index is -1.10. The van der Waals surface area contributed by atoms with Crippen LogP contribution in [0.15, 0.2) is 59.4 Å². The van der Waals surface area contributed by atoms with Gasteiger partial charge < -0.3 is 10.4 Å². The number of carbonyl (C=O) groups excluding carboxylic acids is 1. The van der Waals surface area contributed by atoms with Crippen LogP contribution in [0.4, 0.5) is 0 Å². The maximum absolute atomic E-state index is 12.3. The summed E-state index contributed by atoms with van der Waals surface area (Å²) in [6.07, 6.45) is 2.17. The molecule has 1 atom stereocenters. The molecule has 3 rings (SSSR count). The molecule has 1 aromatic heterocycles. The van der Waals surface area contributed by atoms with Crippen LogP contribution in [0.5, 0.6) is 0 Å². The maximum atomic E-state index is 12.3. The topological polar surface area (TPSA) is 101 Å². The number of aromatic nitrogens is 2. The first-order valence-electron chi connectivity index (χ1n) is 9.06. The Bertz CT molecular complexity index is 1100. The third-order valence-electron chi connectivity index (χ3n) is 4.45. The van der Waals surface area contributed by atoms with Crippen molar-refractivity contribution in [2.75, 3.05) is 12.0 Å². The molecule has 0 aliphatic carbocycles. The zero-order chi connectivity index (χ0) is 20.8. The molecular weight excluding hydrogens is 390 g/mol. The molecule has 0 fully saturated rings. The second kappa shape index (κ2) is 9.38. The van der Waals surface area contributed by atoms with E-state index in [0.717, 1.165) is 21.0 Å². The fourth-order valence-corrected chi connectivity index (χ4v) is 3.41. The van der Waals surface area contributed by atoms with Crippen LogP contribution in [0.1, 0.15) is 6.42 Å². The first kappa shape index (κ1) is 20.6. The lowest BCUT2D eigenvalue weighted by Gasteiger charge is -2.14. The number of carboxylic acids is 1. The Hall–Kier alpha value is -3.13. The zero-order valence-corrected chi connectivity index (χ0v) is 16.7. The number of hydrogen-bond acceptors (Lipinski definition) is 5. The van der Waals surface area contributed by atoms with Gasteiger partial charge in [0.05, 0.1) is 5.69 Å². The van der Waals surface area contributed by atoms with E-state index in [2.05, 4.69) is 10.4 Å². The second-order valence-electron chi connectivity index (χ2n) is 6.52. The van der Waals surface area contributed by atoms with Crippen molar-refractivity contribution in [1.82, 2.24) is 15.1 Å². The molecule has 0 radical (unpaired) electrons. The normalized spacial score (nSPS) is 11.9. The number of nitrogens with one attached hydrogen (secondary N) is 1. The van der Waals surface area contributed by atoms with Crippen LogP contribution in [0.25, 0.3) is 22.0 Å². The predicted octanol–water partition coefficient (Wildman–Crippen LogP) is 2.39. The Kier molecular flexibility index (Phi) is 6.66. The minimum absolute atomic E-state index is 0.307. The van der Waals surface area contributed by atoms with E-state index in [9.17, 15) is 19.5 Å². The SMILES string of the molecule is CSCC[C@H](NC(=O)Cn1nc(-c2ccc3ccccc3c2)ccc1=O)C(=O)O. The molecule has 29 heavy (non-hydrogen) atoms. The Morgan fingerprint density at radius 1 is 1.14 bits per heavy atom. The number of amides is 1. The van der Waals surface area contributed by atoms with E-state index in [-0.39, 0.29) is 6.54 Å². The summed E-state index contributed by atoms with van der Waals surface area (Å²) < 4.78 is 1.05. The number of benzene rings is 2. The van der Waals surface area contributed by atoms with E-state index in [0.29, 0.717) is 17.9 Å². The molecule has 0 saturated carbocycles. The Balaban J connectivity index is 1.80. The van der Waals surface area contributed by atoms with E-state index in [1.54, 1.807) is 6.07 Å². The van der Waals surface area contributed by atoms with Gasteiger partial charge >= 0.3 is 5.97 Å². The summed E-state index contributed by atoms with van der Waals surface area (Å²) in [5.74, 6) is -1.06. The van der Waals surface area contributed by atoms with Crippen molar-refractivity contribution in [3.8, 4) is 11.3 Å². The van der Waals surface area contributed by atoms with Gasteiger partial charge in [-0.25, -0.2) is 9.48 Å². The average Bonchev–Trinajstić information content (AvgIpc) is 2.72. The Labute approximate surface area is 171 Å². The highest BCUT2D eigenvalue weighted by Crippen LogP contribution is 2.22. The van der Waals surface area contributed by atoms with E-state index in [1.807, 2.05) is 48.7 Å². The van der Waals surface area contributed by atoms with E-state index >= 15 is 0 Å². The molecule has 0 aliphatic heterocycles. The highest BCUT2D eigenvalue weighted by Gasteiger charge is 2.20. The first-order valence-corrected chi connectivity index (χ1v) is 10.5. The van der Waals surface area contributed by atoms with Crippen LogP contribution >= 0.6 is 11.8 Å². The van der Waals surface area contributed by atoms with E-state index in [4.69, 9.17) is 0 Å². The van der Waals surface area contributed by atoms with Gasteiger partial charge in [0.25, 0.3) is 5.56 Å². The fourth-order valence-electron chi connectivity index (χ4n) is 2.93. The number of aliphatic carboxylic acids is 1. The van der Waals surface area contributed by atoms with Crippen molar-refractivity contribution in [2.45, 2.75) is 19.0 Å². The first-order chi connectivity index (χ1) is 14.0. The Morgan fingerprint density at radius 2 is 1.90 bits per heavy atom. The summed E-state index contributed by atoms with van der Waals surface area (Å²) in [6, 6.07) is 15.7. The van der Waals surface area contributed by atoms with Crippen LogP contribution in [0.2, 0.25) is 0 Å². The van der Waals surface area contributed by atoms with Gasteiger partial charge in [-0.3, -0.25) is 9.59 Å². The molecule has 7 nitrogen and oxygen atoms in total. The van der Waals surface area contributed by atoms with Crippen molar-refractivity contribution in [2.24, 2.45) is 0 Å². The molecule has 0 aliphatic rings. The average molecular weight is 411 g/mol. The summed E-state index contributed by atoms with van der Waals surface area (Å²) in [5, 5.41) is 18.1. The summed E-state index contributed by atoms with van der Waals surface area (Å²) >= 11 is 1.50. The van der Waals surface area contributed by atoms with Crippen molar-refractivity contribution < 1.29 is 14.7 Å². The smallest absolute Gasteiger partial charge is 0.326 e. The fraction of sp³-hybridized carbons (Fsp3) is 0.238. The van der Waals surface area contributed by atoms with Crippen molar-refractivity contribution in [3.05, 3.63) is 65.0 Å². The molecule has 1 amide bonds. The van der Waals surface area contributed by atoms with Crippen molar-refractivity contribution in [1.29, 1.82) is 0 Å². The molecule has 150 valence electrons. The molecule has 1 heterocycles.